The van der Waals surface area contributed by atoms with Crippen LogP contribution in [0.25, 0.3) is 11.4 Å². The van der Waals surface area contributed by atoms with Crippen LogP contribution in [0, 0.1) is 19.3 Å². The third kappa shape index (κ3) is 5.77. The van der Waals surface area contributed by atoms with Gasteiger partial charge in [0.15, 0.2) is 11.6 Å². The zero-order valence-corrected chi connectivity index (χ0v) is 23.7. The van der Waals surface area contributed by atoms with Crippen LogP contribution in [-0.4, -0.2) is 49.4 Å². The van der Waals surface area contributed by atoms with Gasteiger partial charge in [-0.3, -0.25) is 14.6 Å². The van der Waals surface area contributed by atoms with Crippen molar-refractivity contribution in [2.75, 3.05) is 7.05 Å². The molecule has 0 saturated carbocycles. The van der Waals surface area contributed by atoms with E-state index in [2.05, 4.69) is 29.1 Å². The van der Waals surface area contributed by atoms with Gasteiger partial charge in [-0.2, -0.15) is 5.10 Å². The van der Waals surface area contributed by atoms with Crippen molar-refractivity contribution in [3.05, 3.63) is 76.5 Å². The molecule has 0 fully saturated rings. The van der Waals surface area contributed by atoms with Crippen LogP contribution in [0.3, 0.4) is 0 Å². The lowest BCUT2D eigenvalue weighted by Gasteiger charge is -2.35. The quantitative estimate of drug-likeness (QED) is 0.378. The summed E-state index contributed by atoms with van der Waals surface area (Å²) >= 11 is 0. The molecular weight excluding hydrogens is 474 g/mol. The molecular formula is C31H39N5O2. The van der Waals surface area contributed by atoms with Gasteiger partial charge in [-0.1, -0.05) is 45.9 Å². The van der Waals surface area contributed by atoms with Gasteiger partial charge in [0.2, 0.25) is 5.91 Å². The van der Waals surface area contributed by atoms with Crippen molar-refractivity contribution in [2.45, 2.75) is 79.7 Å². The van der Waals surface area contributed by atoms with Gasteiger partial charge >= 0.3 is 0 Å². The number of nitrogens with zero attached hydrogens (tertiary/aromatic N) is 5. The van der Waals surface area contributed by atoms with Gasteiger partial charge in [0.05, 0.1) is 23.1 Å². The summed E-state index contributed by atoms with van der Waals surface area (Å²) in [4.78, 5) is 37.0. The number of hydrogen-bond acceptors (Lipinski definition) is 5. The van der Waals surface area contributed by atoms with Crippen LogP contribution in [-0.2, 0) is 17.6 Å². The highest BCUT2D eigenvalue weighted by atomic mass is 16.2. The average Bonchev–Trinajstić information content (AvgIpc) is 3.29. The molecule has 0 aromatic carbocycles. The first-order valence-electron chi connectivity index (χ1n) is 13.4. The second kappa shape index (κ2) is 11.0. The van der Waals surface area contributed by atoms with Crippen molar-refractivity contribution in [3.63, 3.8) is 0 Å². The summed E-state index contributed by atoms with van der Waals surface area (Å²) < 4.78 is 1.72. The van der Waals surface area contributed by atoms with E-state index in [1.54, 1.807) is 10.9 Å². The monoisotopic (exact) mass is 513 g/mol. The minimum atomic E-state index is -0.376. The highest BCUT2D eigenvalue weighted by molar-refractivity contribution is 5.98. The summed E-state index contributed by atoms with van der Waals surface area (Å²) in [5.41, 5.74) is 6.31. The zero-order chi connectivity index (χ0) is 27.6. The number of hydrogen-bond donors (Lipinski definition) is 0. The SMILES string of the molecule is CCc1ccc(-n2ncc(C(=O)Cc3cnc(C4=CCC(N(C)C(=O)C(C)(C)C)CC4)c(C)c3)c2C)nc1. The fourth-order valence-electron chi connectivity index (χ4n) is 5.09. The maximum Gasteiger partial charge on any atom is 0.227 e. The second-order valence-electron chi connectivity index (χ2n) is 11.4. The molecule has 3 aromatic heterocycles. The van der Waals surface area contributed by atoms with E-state index in [0.29, 0.717) is 11.4 Å². The number of pyridine rings is 2. The molecule has 0 bridgehead atoms. The number of Topliss-reactive ketones (excluding diaryl/α,β-unsaturated/α-hetero) is 1. The van der Waals surface area contributed by atoms with Crippen LogP contribution >= 0.6 is 0 Å². The third-order valence-corrected chi connectivity index (χ3v) is 7.44. The third-order valence-electron chi connectivity index (χ3n) is 7.44. The normalized spacial score (nSPS) is 15.8. The van der Waals surface area contributed by atoms with Gasteiger partial charge in [0.25, 0.3) is 0 Å². The summed E-state index contributed by atoms with van der Waals surface area (Å²) in [5, 5.41) is 4.43. The van der Waals surface area contributed by atoms with E-state index in [-0.39, 0.29) is 29.6 Å². The molecule has 7 heteroatoms. The van der Waals surface area contributed by atoms with Crippen LogP contribution in [0.15, 0.2) is 42.9 Å². The molecule has 1 aliphatic rings. The Morgan fingerprint density at radius 1 is 1.08 bits per heavy atom. The molecule has 7 nitrogen and oxygen atoms in total. The van der Waals surface area contributed by atoms with Gasteiger partial charge in [-0.15, -0.1) is 0 Å². The van der Waals surface area contributed by atoms with E-state index in [1.165, 1.54) is 5.57 Å². The molecule has 3 heterocycles. The van der Waals surface area contributed by atoms with Crippen LogP contribution in [0.1, 0.15) is 85.4 Å². The molecule has 1 aliphatic carbocycles. The van der Waals surface area contributed by atoms with E-state index in [1.807, 2.05) is 71.1 Å². The predicted octanol–water partition coefficient (Wildman–Crippen LogP) is 5.71. The smallest absolute Gasteiger partial charge is 0.227 e. The lowest BCUT2D eigenvalue weighted by Crippen LogP contribution is -2.43. The largest absolute Gasteiger partial charge is 0.342 e. The molecule has 3 aromatic rings. The van der Waals surface area contributed by atoms with Gasteiger partial charge < -0.3 is 4.90 Å². The Morgan fingerprint density at radius 3 is 2.39 bits per heavy atom. The van der Waals surface area contributed by atoms with Crippen molar-refractivity contribution < 1.29 is 9.59 Å². The number of ketones is 1. The van der Waals surface area contributed by atoms with E-state index < -0.39 is 0 Å². The number of amides is 1. The Balaban J connectivity index is 1.44. The maximum atomic E-state index is 13.2. The predicted molar refractivity (Wildman–Crippen MR) is 150 cm³/mol. The van der Waals surface area contributed by atoms with E-state index in [9.17, 15) is 9.59 Å². The van der Waals surface area contributed by atoms with Crippen molar-refractivity contribution in [1.29, 1.82) is 0 Å². The molecule has 0 radical (unpaired) electrons. The van der Waals surface area contributed by atoms with Gasteiger partial charge in [0.1, 0.15) is 0 Å². The minimum Gasteiger partial charge on any atom is -0.342 e. The summed E-state index contributed by atoms with van der Waals surface area (Å²) in [5.74, 6) is 0.894. The number of allylic oxidation sites excluding steroid dienone is 1. The summed E-state index contributed by atoms with van der Waals surface area (Å²) in [7, 11) is 1.91. The highest BCUT2D eigenvalue weighted by Crippen LogP contribution is 2.31. The molecule has 0 N–H and O–H groups in total. The van der Waals surface area contributed by atoms with Crippen LogP contribution in [0.4, 0.5) is 0 Å². The lowest BCUT2D eigenvalue weighted by molar-refractivity contribution is -0.140. The Morgan fingerprint density at radius 2 is 1.82 bits per heavy atom. The van der Waals surface area contributed by atoms with Gasteiger partial charge in [-0.05, 0) is 67.9 Å². The van der Waals surface area contributed by atoms with Crippen molar-refractivity contribution >= 4 is 17.3 Å². The molecule has 1 unspecified atom stereocenters. The van der Waals surface area contributed by atoms with Crippen molar-refractivity contribution in [3.8, 4) is 5.82 Å². The Labute approximate surface area is 226 Å². The van der Waals surface area contributed by atoms with Crippen molar-refractivity contribution in [2.24, 2.45) is 5.41 Å². The van der Waals surface area contributed by atoms with Gasteiger partial charge in [-0.25, -0.2) is 9.67 Å². The van der Waals surface area contributed by atoms with Crippen molar-refractivity contribution in [1.82, 2.24) is 24.6 Å². The first-order chi connectivity index (χ1) is 18.0. The number of aromatic nitrogens is 4. The highest BCUT2D eigenvalue weighted by Gasteiger charge is 2.30. The van der Waals surface area contributed by atoms with Crippen LogP contribution in [0.5, 0.6) is 0 Å². The molecule has 0 saturated heterocycles. The molecule has 0 aliphatic heterocycles. The number of aryl methyl sites for hydroxylation is 2. The number of carbonyl (C=O) groups is 2. The first-order valence-corrected chi connectivity index (χ1v) is 13.4. The standard InChI is InChI=1S/C31H39N5O2/c1-8-22-9-14-28(32-17-22)36-21(3)26(19-34-36)27(37)16-23-15-20(2)29(33-18-23)24-10-12-25(13-11-24)35(7)30(38)31(4,5)6/h9-10,14-15,17-19,25H,8,11-13,16H2,1-7H3. The second-order valence-corrected chi connectivity index (χ2v) is 11.4. The molecule has 0 spiro atoms. The van der Waals surface area contributed by atoms with E-state index in [4.69, 9.17) is 4.98 Å². The number of carbonyl (C=O) groups excluding carboxylic acids is 2. The first kappa shape index (κ1) is 27.4. The molecule has 4 rings (SSSR count). The molecule has 1 atom stereocenters. The Hall–Kier alpha value is -3.61. The lowest BCUT2D eigenvalue weighted by atomic mass is 9.88. The molecule has 1 amide bonds. The van der Waals surface area contributed by atoms with Crippen LogP contribution < -0.4 is 0 Å². The topological polar surface area (TPSA) is 81.0 Å². The fourth-order valence-corrected chi connectivity index (χ4v) is 5.09. The number of rotatable bonds is 7. The van der Waals surface area contributed by atoms with Crippen LogP contribution in [0.2, 0.25) is 0 Å². The summed E-state index contributed by atoms with van der Waals surface area (Å²) in [6.07, 6.45) is 11.3. The molecule has 200 valence electrons. The zero-order valence-electron chi connectivity index (χ0n) is 23.7. The molecule has 38 heavy (non-hydrogen) atoms. The maximum absolute atomic E-state index is 13.2. The Kier molecular flexibility index (Phi) is 7.95. The van der Waals surface area contributed by atoms with E-state index in [0.717, 1.165) is 53.8 Å². The summed E-state index contributed by atoms with van der Waals surface area (Å²) in [6.45, 7) is 11.9. The summed E-state index contributed by atoms with van der Waals surface area (Å²) in [6, 6.07) is 6.24. The Bertz CT molecular complexity index is 1360. The average molecular weight is 514 g/mol. The minimum absolute atomic E-state index is 0.0131. The van der Waals surface area contributed by atoms with E-state index >= 15 is 0 Å². The van der Waals surface area contributed by atoms with Gasteiger partial charge in [0, 0.05) is 37.3 Å². The fraction of sp³-hybridized carbons (Fsp3) is 0.452.